The van der Waals surface area contributed by atoms with Crippen molar-refractivity contribution in [2.75, 3.05) is 19.6 Å². The number of rotatable bonds is 5. The number of benzene rings is 1. The molecule has 2 aromatic rings. The number of nitrogens with zero attached hydrogens (tertiary/aromatic N) is 1. The van der Waals surface area contributed by atoms with E-state index in [0.29, 0.717) is 31.2 Å². The van der Waals surface area contributed by atoms with E-state index in [1.54, 1.807) is 18.7 Å². The maximum atomic E-state index is 12.6. The summed E-state index contributed by atoms with van der Waals surface area (Å²) in [5, 5.41) is 4.03. The van der Waals surface area contributed by atoms with Gasteiger partial charge in [0, 0.05) is 36.0 Å². The van der Waals surface area contributed by atoms with Gasteiger partial charge in [0.2, 0.25) is 11.8 Å². The molecule has 0 radical (unpaired) electrons. The molecule has 1 saturated heterocycles. The molecule has 4 N–H and O–H groups in total. The number of piperidine rings is 1. The molecule has 2 aliphatic rings. The molecular formula is C21H26N4O3. The monoisotopic (exact) mass is 382 g/mol. The van der Waals surface area contributed by atoms with Crippen molar-refractivity contribution in [2.24, 2.45) is 22.5 Å². The highest BCUT2D eigenvalue weighted by atomic mass is 16.2. The normalized spacial score (nSPS) is 23.5. The van der Waals surface area contributed by atoms with Gasteiger partial charge < -0.3 is 20.9 Å². The van der Waals surface area contributed by atoms with Gasteiger partial charge in [-0.05, 0) is 51.3 Å². The lowest BCUT2D eigenvalue weighted by atomic mass is 9.90. The molecule has 1 aliphatic carbocycles. The quantitative estimate of drug-likeness (QED) is 0.683. The van der Waals surface area contributed by atoms with E-state index in [0.717, 1.165) is 22.9 Å². The molecule has 1 aromatic carbocycles. The Morgan fingerprint density at radius 2 is 2.07 bits per heavy atom. The van der Waals surface area contributed by atoms with Gasteiger partial charge in [0.1, 0.15) is 11.1 Å². The van der Waals surface area contributed by atoms with E-state index in [4.69, 9.17) is 5.73 Å². The molecule has 28 heavy (non-hydrogen) atoms. The van der Waals surface area contributed by atoms with Crippen LogP contribution < -0.4 is 11.1 Å². The number of amides is 3. The molecule has 0 unspecified atom stereocenters. The number of fused-ring (bicyclic) bond motifs is 2. The van der Waals surface area contributed by atoms with Gasteiger partial charge in [-0.3, -0.25) is 14.4 Å². The van der Waals surface area contributed by atoms with Crippen molar-refractivity contribution in [1.29, 1.82) is 0 Å². The first-order valence-electron chi connectivity index (χ1n) is 9.59. The van der Waals surface area contributed by atoms with Gasteiger partial charge in [-0.15, -0.1) is 0 Å². The van der Waals surface area contributed by atoms with Gasteiger partial charge in [0.15, 0.2) is 0 Å². The highest BCUT2D eigenvalue weighted by molar-refractivity contribution is 6.03. The number of carbonyl (C=O) groups is 3. The Hall–Kier alpha value is -2.83. The van der Waals surface area contributed by atoms with E-state index in [1.165, 1.54) is 0 Å². The molecule has 1 saturated carbocycles. The predicted octanol–water partition coefficient (Wildman–Crippen LogP) is 1.57. The van der Waals surface area contributed by atoms with Crippen molar-refractivity contribution in [3.8, 4) is 0 Å². The minimum absolute atomic E-state index is 0.0817. The Morgan fingerprint density at radius 1 is 1.32 bits per heavy atom. The second-order valence-corrected chi connectivity index (χ2v) is 8.89. The Kier molecular flexibility index (Phi) is 4.03. The Labute approximate surface area is 163 Å². The number of aromatic amines is 1. The zero-order valence-corrected chi connectivity index (χ0v) is 16.5. The molecule has 3 amide bonds. The zero-order chi connectivity index (χ0) is 20.3. The maximum Gasteiger partial charge on any atom is 0.267 e. The molecule has 2 fully saturated rings. The number of aryl methyl sites for hydroxylation is 1. The largest absolute Gasteiger partial charge is 0.369 e. The number of likely N-dealkylation sites (tertiary alicyclic amines) is 1. The summed E-state index contributed by atoms with van der Waals surface area (Å²) in [6.45, 7) is 6.84. The second-order valence-electron chi connectivity index (χ2n) is 8.89. The van der Waals surface area contributed by atoms with Crippen molar-refractivity contribution in [1.82, 2.24) is 15.2 Å². The van der Waals surface area contributed by atoms with Crippen molar-refractivity contribution < 1.29 is 14.4 Å². The number of aromatic nitrogens is 1. The summed E-state index contributed by atoms with van der Waals surface area (Å²) in [5.41, 5.74) is 6.71. The molecule has 7 heteroatoms. The molecule has 1 aliphatic heterocycles. The number of hydrogen-bond donors (Lipinski definition) is 3. The van der Waals surface area contributed by atoms with Gasteiger partial charge in [-0.2, -0.15) is 0 Å². The number of nitrogens with two attached hydrogens (primary N) is 1. The van der Waals surface area contributed by atoms with Gasteiger partial charge in [-0.25, -0.2) is 0 Å². The van der Waals surface area contributed by atoms with Crippen LogP contribution in [0.3, 0.4) is 0 Å². The van der Waals surface area contributed by atoms with E-state index >= 15 is 0 Å². The van der Waals surface area contributed by atoms with Crippen LogP contribution in [-0.4, -0.2) is 47.2 Å². The summed E-state index contributed by atoms with van der Waals surface area (Å²) in [6.07, 6.45) is 0.986. The molecule has 4 rings (SSSR count). The molecule has 2 atom stereocenters. The van der Waals surface area contributed by atoms with Crippen LogP contribution in [0.25, 0.3) is 10.9 Å². The first-order valence-corrected chi connectivity index (χ1v) is 9.59. The van der Waals surface area contributed by atoms with Crippen LogP contribution in [0.1, 0.15) is 36.3 Å². The number of H-pyrrole nitrogens is 1. The fourth-order valence-electron chi connectivity index (χ4n) is 4.25. The molecule has 0 spiro atoms. The third-order valence-corrected chi connectivity index (χ3v) is 6.37. The number of hydrogen-bond acceptors (Lipinski definition) is 3. The van der Waals surface area contributed by atoms with E-state index in [2.05, 4.69) is 10.3 Å². The summed E-state index contributed by atoms with van der Waals surface area (Å²) in [6, 6.07) is 7.88. The first kappa shape index (κ1) is 18.5. The van der Waals surface area contributed by atoms with E-state index in [1.807, 2.05) is 31.2 Å². The highest BCUT2D eigenvalue weighted by Crippen LogP contribution is 2.57. The lowest BCUT2D eigenvalue weighted by molar-refractivity contribution is -0.146. The lowest BCUT2D eigenvalue weighted by Gasteiger charge is -2.28. The van der Waals surface area contributed by atoms with Crippen molar-refractivity contribution in [3.05, 3.63) is 35.5 Å². The fourth-order valence-corrected chi connectivity index (χ4v) is 4.25. The Morgan fingerprint density at radius 3 is 2.79 bits per heavy atom. The predicted molar refractivity (Wildman–Crippen MR) is 105 cm³/mol. The minimum atomic E-state index is -1.20. The fraction of sp³-hybridized carbons (Fsp3) is 0.476. The Balaban J connectivity index is 1.39. The SMILES string of the molecule is Cc1ccc2[nH]c(C(=O)NC[C@@]34C[C@@H]3CN(C(=O)C(C)(C)C(N)=O)C4)cc2c1. The molecule has 1 aromatic heterocycles. The van der Waals surface area contributed by atoms with Crippen LogP contribution in [-0.2, 0) is 9.59 Å². The molecular weight excluding hydrogens is 356 g/mol. The molecule has 148 valence electrons. The molecule has 7 nitrogen and oxygen atoms in total. The summed E-state index contributed by atoms with van der Waals surface area (Å²) >= 11 is 0. The number of primary amides is 1. The maximum absolute atomic E-state index is 12.6. The van der Waals surface area contributed by atoms with Crippen molar-refractivity contribution in [3.63, 3.8) is 0 Å². The third kappa shape index (κ3) is 2.95. The highest BCUT2D eigenvalue weighted by Gasteiger charge is 2.61. The molecule has 0 bridgehead atoms. The van der Waals surface area contributed by atoms with Crippen LogP contribution in [0, 0.1) is 23.7 Å². The van der Waals surface area contributed by atoms with E-state index < -0.39 is 11.3 Å². The smallest absolute Gasteiger partial charge is 0.267 e. The summed E-state index contributed by atoms with van der Waals surface area (Å²) in [5.74, 6) is -0.625. The van der Waals surface area contributed by atoms with Crippen molar-refractivity contribution in [2.45, 2.75) is 27.2 Å². The average molecular weight is 382 g/mol. The van der Waals surface area contributed by atoms with E-state index in [9.17, 15) is 14.4 Å². The van der Waals surface area contributed by atoms with Gasteiger partial charge >= 0.3 is 0 Å². The van der Waals surface area contributed by atoms with Crippen LogP contribution in [0.2, 0.25) is 0 Å². The second kappa shape index (κ2) is 6.09. The average Bonchev–Trinajstić information content (AvgIpc) is 3.00. The first-order chi connectivity index (χ1) is 13.1. The van der Waals surface area contributed by atoms with E-state index in [-0.39, 0.29) is 17.2 Å². The number of nitrogens with one attached hydrogen (secondary N) is 2. The minimum Gasteiger partial charge on any atom is -0.369 e. The van der Waals surface area contributed by atoms with Gasteiger partial charge in [0.25, 0.3) is 5.91 Å². The zero-order valence-electron chi connectivity index (χ0n) is 16.5. The summed E-state index contributed by atoms with van der Waals surface area (Å²) in [4.78, 5) is 41.7. The van der Waals surface area contributed by atoms with Crippen LogP contribution >= 0.6 is 0 Å². The van der Waals surface area contributed by atoms with Crippen LogP contribution in [0.5, 0.6) is 0 Å². The topological polar surface area (TPSA) is 108 Å². The van der Waals surface area contributed by atoms with Gasteiger partial charge in [-0.1, -0.05) is 11.6 Å². The van der Waals surface area contributed by atoms with Gasteiger partial charge in [0.05, 0.1) is 0 Å². The standard InChI is InChI=1S/C21H26N4O3/c1-12-4-5-15-13(6-12)7-16(24-15)17(26)23-10-21-8-14(21)9-25(11-21)19(28)20(2,3)18(22)27/h4-7,14,24H,8-11H2,1-3H3,(H2,22,27)(H,23,26)/t14-,21-/m1/s1. The number of carbonyl (C=O) groups excluding carboxylic acids is 3. The third-order valence-electron chi connectivity index (χ3n) is 6.37. The van der Waals surface area contributed by atoms with Crippen LogP contribution in [0.4, 0.5) is 0 Å². The lowest BCUT2D eigenvalue weighted by Crippen LogP contribution is -2.48. The summed E-state index contributed by atoms with van der Waals surface area (Å²) < 4.78 is 0. The summed E-state index contributed by atoms with van der Waals surface area (Å²) in [7, 11) is 0. The van der Waals surface area contributed by atoms with Crippen LogP contribution in [0.15, 0.2) is 24.3 Å². The Bertz CT molecular complexity index is 993. The molecule has 2 heterocycles. The van der Waals surface area contributed by atoms with Crippen molar-refractivity contribution >= 4 is 28.6 Å².